The molecule has 1 aromatic rings. The second-order valence-corrected chi connectivity index (χ2v) is 4.87. The first kappa shape index (κ1) is 16.3. The predicted molar refractivity (Wildman–Crippen MR) is 75.0 cm³/mol. The van der Waals surface area contributed by atoms with Crippen molar-refractivity contribution < 1.29 is 9.90 Å². The van der Waals surface area contributed by atoms with Crippen LogP contribution in [0.3, 0.4) is 0 Å². The van der Waals surface area contributed by atoms with E-state index in [9.17, 15) is 4.79 Å². The van der Waals surface area contributed by atoms with Gasteiger partial charge in [-0.05, 0) is 17.2 Å². The standard InChI is InChI=1S/C12H17NO2S.ClH/c1-9(10-5-3-2-4-6-10)7-16-8-11(13)12(14)15;/h2-6,9,11H,7-8,13H2,1H3,(H,14,15);1H/t9?,11-;/m0./s1. The van der Waals surface area contributed by atoms with Crippen LogP contribution in [0.5, 0.6) is 0 Å². The van der Waals surface area contributed by atoms with E-state index in [0.717, 1.165) is 5.75 Å². The van der Waals surface area contributed by atoms with Gasteiger partial charge >= 0.3 is 5.97 Å². The fourth-order valence-corrected chi connectivity index (χ4v) is 2.40. The zero-order valence-corrected chi connectivity index (χ0v) is 11.3. The maximum absolute atomic E-state index is 10.5. The van der Waals surface area contributed by atoms with Crippen LogP contribution < -0.4 is 5.73 Å². The molecule has 0 saturated carbocycles. The Morgan fingerprint density at radius 2 is 1.94 bits per heavy atom. The zero-order valence-electron chi connectivity index (χ0n) is 9.70. The third-order valence-corrected chi connectivity index (χ3v) is 3.68. The molecule has 0 amide bonds. The smallest absolute Gasteiger partial charge is 0.321 e. The lowest BCUT2D eigenvalue weighted by Crippen LogP contribution is -2.32. The van der Waals surface area contributed by atoms with E-state index in [1.165, 1.54) is 5.56 Å². The van der Waals surface area contributed by atoms with E-state index < -0.39 is 12.0 Å². The molecule has 3 nitrogen and oxygen atoms in total. The molecule has 1 unspecified atom stereocenters. The van der Waals surface area contributed by atoms with E-state index in [-0.39, 0.29) is 12.4 Å². The molecular weight excluding hydrogens is 258 g/mol. The molecule has 0 aliphatic rings. The largest absolute Gasteiger partial charge is 0.480 e. The maximum Gasteiger partial charge on any atom is 0.321 e. The van der Waals surface area contributed by atoms with Crippen LogP contribution in [0.15, 0.2) is 30.3 Å². The van der Waals surface area contributed by atoms with Crippen molar-refractivity contribution in [1.29, 1.82) is 0 Å². The fourth-order valence-electron chi connectivity index (χ4n) is 1.32. The highest BCUT2D eigenvalue weighted by Gasteiger charge is 2.12. The number of carboxylic acids is 1. The van der Waals surface area contributed by atoms with E-state index in [1.54, 1.807) is 11.8 Å². The third kappa shape index (κ3) is 5.96. The molecule has 0 radical (unpaired) electrons. The van der Waals surface area contributed by atoms with Crippen LogP contribution in [0, 0.1) is 0 Å². The molecular formula is C12H18ClNO2S. The van der Waals surface area contributed by atoms with Gasteiger partial charge in [-0.2, -0.15) is 11.8 Å². The van der Waals surface area contributed by atoms with Gasteiger partial charge in [-0.15, -0.1) is 12.4 Å². The lowest BCUT2D eigenvalue weighted by molar-refractivity contribution is -0.137. The maximum atomic E-state index is 10.5. The Hall–Kier alpha value is -0.710. The molecule has 96 valence electrons. The lowest BCUT2D eigenvalue weighted by Gasteiger charge is -2.12. The van der Waals surface area contributed by atoms with E-state index >= 15 is 0 Å². The topological polar surface area (TPSA) is 63.3 Å². The number of halogens is 1. The van der Waals surface area contributed by atoms with Gasteiger partial charge in [-0.3, -0.25) is 4.79 Å². The Morgan fingerprint density at radius 1 is 1.35 bits per heavy atom. The van der Waals surface area contributed by atoms with Crippen molar-refractivity contribution in [2.75, 3.05) is 11.5 Å². The summed E-state index contributed by atoms with van der Waals surface area (Å²) in [5.74, 6) is 0.851. The van der Waals surface area contributed by atoms with Crippen molar-refractivity contribution in [2.45, 2.75) is 18.9 Å². The van der Waals surface area contributed by atoms with Crippen LogP contribution in [-0.2, 0) is 4.79 Å². The minimum Gasteiger partial charge on any atom is -0.480 e. The molecule has 0 aromatic heterocycles. The average molecular weight is 276 g/mol. The van der Waals surface area contributed by atoms with E-state index in [4.69, 9.17) is 10.8 Å². The third-order valence-electron chi connectivity index (χ3n) is 2.35. The van der Waals surface area contributed by atoms with Crippen molar-refractivity contribution in [2.24, 2.45) is 5.73 Å². The number of hydrogen-bond donors (Lipinski definition) is 2. The molecule has 0 aliphatic heterocycles. The summed E-state index contributed by atoms with van der Waals surface area (Å²) in [6, 6.07) is 9.43. The highest BCUT2D eigenvalue weighted by molar-refractivity contribution is 7.99. The minimum atomic E-state index is -0.931. The monoisotopic (exact) mass is 275 g/mol. The summed E-state index contributed by atoms with van der Waals surface area (Å²) in [6.45, 7) is 2.13. The van der Waals surface area contributed by atoms with Crippen molar-refractivity contribution in [3.05, 3.63) is 35.9 Å². The van der Waals surface area contributed by atoms with Gasteiger partial charge in [0.15, 0.2) is 0 Å². The lowest BCUT2D eigenvalue weighted by atomic mass is 10.0. The van der Waals surface area contributed by atoms with Gasteiger partial charge < -0.3 is 10.8 Å². The van der Waals surface area contributed by atoms with Gasteiger partial charge in [0.1, 0.15) is 6.04 Å². The summed E-state index contributed by atoms with van der Waals surface area (Å²) < 4.78 is 0. The number of nitrogens with two attached hydrogens (primary N) is 1. The van der Waals surface area contributed by atoms with E-state index in [2.05, 4.69) is 19.1 Å². The van der Waals surface area contributed by atoms with Gasteiger partial charge in [0, 0.05) is 5.75 Å². The van der Waals surface area contributed by atoms with Crippen LogP contribution in [0.1, 0.15) is 18.4 Å². The fraction of sp³-hybridized carbons (Fsp3) is 0.417. The summed E-state index contributed by atoms with van der Waals surface area (Å²) in [7, 11) is 0. The summed E-state index contributed by atoms with van der Waals surface area (Å²) in [5, 5.41) is 8.63. The first-order valence-corrected chi connectivity index (χ1v) is 6.37. The number of carbonyl (C=O) groups is 1. The quantitative estimate of drug-likeness (QED) is 0.837. The number of thioether (sulfide) groups is 1. The SMILES string of the molecule is CC(CSC[C@H](N)C(=O)O)c1ccccc1.Cl. The minimum absolute atomic E-state index is 0. The molecule has 3 N–H and O–H groups in total. The van der Waals surface area contributed by atoms with Crippen LogP contribution in [0.2, 0.25) is 0 Å². The first-order valence-electron chi connectivity index (χ1n) is 5.22. The second-order valence-electron chi connectivity index (χ2n) is 3.79. The molecule has 1 aromatic carbocycles. The Bertz CT molecular complexity index is 335. The Balaban J connectivity index is 0.00000256. The predicted octanol–water partition coefficient (Wildman–Crippen LogP) is 2.36. The number of hydrogen-bond acceptors (Lipinski definition) is 3. The van der Waals surface area contributed by atoms with Gasteiger partial charge in [0.2, 0.25) is 0 Å². The van der Waals surface area contributed by atoms with Crippen molar-refractivity contribution in [3.8, 4) is 0 Å². The van der Waals surface area contributed by atoms with Crippen LogP contribution in [0.25, 0.3) is 0 Å². The summed E-state index contributed by atoms with van der Waals surface area (Å²) >= 11 is 1.59. The molecule has 0 aliphatic carbocycles. The molecule has 17 heavy (non-hydrogen) atoms. The Labute approximate surface area is 112 Å². The zero-order chi connectivity index (χ0) is 12.0. The second kappa shape index (κ2) is 8.39. The van der Waals surface area contributed by atoms with Gasteiger partial charge in [0.05, 0.1) is 0 Å². The van der Waals surface area contributed by atoms with Gasteiger partial charge in [-0.25, -0.2) is 0 Å². The molecule has 5 heteroatoms. The van der Waals surface area contributed by atoms with Crippen LogP contribution >= 0.6 is 24.2 Å². The van der Waals surface area contributed by atoms with Gasteiger partial charge in [-0.1, -0.05) is 37.3 Å². The molecule has 0 saturated heterocycles. The molecule has 0 fully saturated rings. The summed E-state index contributed by atoms with van der Waals surface area (Å²) in [4.78, 5) is 10.5. The number of carboxylic acid groups (broad SMARTS) is 1. The van der Waals surface area contributed by atoms with Gasteiger partial charge in [0.25, 0.3) is 0 Å². The molecule has 2 atom stereocenters. The summed E-state index contributed by atoms with van der Waals surface area (Å²) in [5.41, 5.74) is 6.70. The summed E-state index contributed by atoms with van der Waals surface area (Å²) in [6.07, 6.45) is 0. The van der Waals surface area contributed by atoms with Crippen LogP contribution in [-0.4, -0.2) is 28.6 Å². The number of rotatable bonds is 6. The Morgan fingerprint density at radius 3 is 2.47 bits per heavy atom. The van der Waals surface area contributed by atoms with Crippen LogP contribution in [0.4, 0.5) is 0 Å². The number of aliphatic carboxylic acids is 1. The van der Waals surface area contributed by atoms with Crippen molar-refractivity contribution in [1.82, 2.24) is 0 Å². The van der Waals surface area contributed by atoms with Crippen molar-refractivity contribution >= 4 is 30.1 Å². The average Bonchev–Trinajstić information content (AvgIpc) is 2.29. The highest BCUT2D eigenvalue weighted by atomic mass is 35.5. The molecule has 0 heterocycles. The van der Waals surface area contributed by atoms with E-state index in [0.29, 0.717) is 11.7 Å². The normalized spacial score (nSPS) is 13.5. The highest BCUT2D eigenvalue weighted by Crippen LogP contribution is 2.20. The molecule has 1 rings (SSSR count). The Kier molecular flexibility index (Phi) is 8.04. The molecule has 0 spiro atoms. The molecule has 0 bridgehead atoms. The first-order chi connectivity index (χ1) is 7.61. The number of benzene rings is 1. The van der Waals surface area contributed by atoms with Crippen molar-refractivity contribution in [3.63, 3.8) is 0 Å². The van der Waals surface area contributed by atoms with E-state index in [1.807, 2.05) is 18.2 Å².